The Labute approximate surface area is 120 Å². The van der Waals surface area contributed by atoms with Gasteiger partial charge < -0.3 is 34.3 Å². The number of hydrogen-bond acceptors (Lipinski definition) is 4. The third-order valence-corrected chi connectivity index (χ3v) is 2.47. The zero-order valence-corrected chi connectivity index (χ0v) is 12.1. The number of aromatic nitrogens is 1. The average molecular weight is 339 g/mol. The SMILES string of the molecule is S=C([S-])N(C1COCCO1)n1cccc1.[Mo]. The molecule has 0 saturated carbocycles. The molecule has 0 aliphatic carbocycles. The zero-order valence-electron chi connectivity index (χ0n) is 8.44. The molecule has 88 valence electrons. The predicted octanol–water partition coefficient (Wildman–Crippen LogP) is 0.628. The second-order valence-electron chi connectivity index (χ2n) is 3.07. The Bertz CT molecular complexity index is 328. The largest absolute Gasteiger partial charge is 0.409 e. The van der Waals surface area contributed by atoms with E-state index in [4.69, 9.17) is 34.3 Å². The van der Waals surface area contributed by atoms with E-state index in [9.17, 15) is 0 Å². The van der Waals surface area contributed by atoms with Crippen molar-refractivity contribution in [3.8, 4) is 0 Å². The normalized spacial score (nSPS) is 19.9. The van der Waals surface area contributed by atoms with E-state index >= 15 is 0 Å². The Balaban J connectivity index is 0.00000128. The van der Waals surface area contributed by atoms with Crippen LogP contribution in [0.1, 0.15) is 0 Å². The minimum atomic E-state index is -0.226. The smallest absolute Gasteiger partial charge is 0.170 e. The number of nitrogens with zero attached hydrogens (tertiary/aromatic N) is 2. The van der Waals surface area contributed by atoms with E-state index in [1.54, 1.807) is 5.01 Å². The van der Waals surface area contributed by atoms with Gasteiger partial charge in [-0.1, -0.05) is 0 Å². The minimum Gasteiger partial charge on any atom is -0.409 e. The number of ether oxygens (including phenoxy) is 2. The molecule has 4 nitrogen and oxygen atoms in total. The molecular formula is C9H11MoN2O2S2-. The molecule has 2 heterocycles. The summed E-state index contributed by atoms with van der Waals surface area (Å²) in [5.41, 5.74) is 0. The summed E-state index contributed by atoms with van der Waals surface area (Å²) in [7, 11) is 0. The summed E-state index contributed by atoms with van der Waals surface area (Å²) in [6.07, 6.45) is 3.52. The van der Waals surface area contributed by atoms with E-state index in [0.29, 0.717) is 24.1 Å². The molecule has 0 radical (unpaired) electrons. The van der Waals surface area contributed by atoms with Gasteiger partial charge in [-0.2, -0.15) is 0 Å². The van der Waals surface area contributed by atoms with Crippen molar-refractivity contribution in [1.29, 1.82) is 0 Å². The van der Waals surface area contributed by atoms with Crippen LogP contribution in [-0.2, 0) is 43.2 Å². The molecule has 1 aromatic rings. The van der Waals surface area contributed by atoms with Crippen LogP contribution in [0.25, 0.3) is 0 Å². The Morgan fingerprint density at radius 3 is 2.56 bits per heavy atom. The molecule has 1 aliphatic rings. The number of hydrogen-bond donors (Lipinski definition) is 0. The first-order valence-corrected chi connectivity index (χ1v) is 5.43. The molecule has 16 heavy (non-hydrogen) atoms. The maximum atomic E-state index is 5.55. The molecule has 1 atom stereocenters. The second-order valence-corrected chi connectivity index (χ2v) is 4.11. The monoisotopic (exact) mass is 341 g/mol. The number of rotatable bonds is 2. The van der Waals surface area contributed by atoms with Gasteiger partial charge in [0.15, 0.2) is 6.23 Å². The first-order valence-electron chi connectivity index (χ1n) is 4.62. The minimum absolute atomic E-state index is 0. The summed E-state index contributed by atoms with van der Waals surface area (Å²) in [5.74, 6) is 0. The topological polar surface area (TPSA) is 26.6 Å². The van der Waals surface area contributed by atoms with Gasteiger partial charge in [-0.25, -0.2) is 0 Å². The summed E-state index contributed by atoms with van der Waals surface area (Å²) < 4.78 is 13.0. The Morgan fingerprint density at radius 2 is 2.06 bits per heavy atom. The van der Waals surface area contributed by atoms with E-state index < -0.39 is 0 Å². The van der Waals surface area contributed by atoms with Gasteiger partial charge >= 0.3 is 0 Å². The maximum absolute atomic E-state index is 5.55. The Hall–Kier alpha value is -0.00169. The van der Waals surface area contributed by atoms with E-state index in [0.717, 1.165) is 0 Å². The molecule has 0 bridgehead atoms. The molecule has 1 fully saturated rings. The summed E-state index contributed by atoms with van der Waals surface area (Å²) in [6.45, 7) is 1.68. The van der Waals surface area contributed by atoms with Crippen LogP contribution in [0.3, 0.4) is 0 Å². The molecule has 0 spiro atoms. The molecule has 1 saturated heterocycles. The van der Waals surface area contributed by atoms with Crippen molar-refractivity contribution in [2.24, 2.45) is 0 Å². The average Bonchev–Trinajstić information content (AvgIpc) is 2.72. The second kappa shape index (κ2) is 6.67. The molecule has 0 aromatic carbocycles. The standard InChI is InChI=1S/C9H12N2O2S2.Mo/c14-9(15)11(10-3-1-2-4-10)8-7-12-5-6-13-8;/h1-4,8H,5-7H2,(H,14,15);/p-1. The van der Waals surface area contributed by atoms with Crippen LogP contribution >= 0.6 is 12.2 Å². The third-order valence-electron chi connectivity index (χ3n) is 2.10. The maximum Gasteiger partial charge on any atom is 0.170 e. The summed E-state index contributed by atoms with van der Waals surface area (Å²) in [5, 5.41) is 1.73. The predicted molar refractivity (Wildman–Crippen MR) is 63.2 cm³/mol. The molecule has 2 rings (SSSR count). The van der Waals surface area contributed by atoms with Crippen LogP contribution in [0.5, 0.6) is 0 Å². The first-order chi connectivity index (χ1) is 7.29. The van der Waals surface area contributed by atoms with Crippen LogP contribution in [0.2, 0.25) is 0 Å². The molecular weight excluding hydrogens is 328 g/mol. The summed E-state index contributed by atoms with van der Waals surface area (Å²) >= 11 is 10.1. The first kappa shape index (κ1) is 14.1. The van der Waals surface area contributed by atoms with Crippen molar-refractivity contribution in [3.63, 3.8) is 0 Å². The van der Waals surface area contributed by atoms with Crippen LogP contribution in [0.4, 0.5) is 0 Å². The van der Waals surface area contributed by atoms with Crippen molar-refractivity contribution in [1.82, 2.24) is 4.68 Å². The van der Waals surface area contributed by atoms with Gasteiger partial charge in [-0.15, -0.1) is 0 Å². The Kier molecular flexibility index (Phi) is 5.86. The molecule has 1 aliphatic heterocycles. The third kappa shape index (κ3) is 3.24. The van der Waals surface area contributed by atoms with Crippen molar-refractivity contribution < 1.29 is 30.5 Å². The fourth-order valence-electron chi connectivity index (χ4n) is 1.45. The van der Waals surface area contributed by atoms with Gasteiger partial charge in [-0.3, -0.25) is 9.69 Å². The Morgan fingerprint density at radius 1 is 1.38 bits per heavy atom. The fourth-order valence-corrected chi connectivity index (χ4v) is 1.87. The molecule has 7 heteroatoms. The fraction of sp³-hybridized carbons (Fsp3) is 0.444. The van der Waals surface area contributed by atoms with Crippen LogP contribution in [0, 0.1) is 0 Å². The van der Waals surface area contributed by atoms with Gasteiger partial charge in [0.2, 0.25) is 0 Å². The van der Waals surface area contributed by atoms with Crippen LogP contribution in [-0.4, -0.2) is 35.0 Å². The zero-order chi connectivity index (χ0) is 10.7. The van der Waals surface area contributed by atoms with Crippen molar-refractivity contribution in [2.45, 2.75) is 6.23 Å². The van der Waals surface area contributed by atoms with Gasteiger partial charge in [0, 0.05) is 33.5 Å². The molecule has 1 unspecified atom stereocenters. The van der Waals surface area contributed by atoms with Gasteiger partial charge in [0.05, 0.1) is 19.8 Å². The quantitative estimate of drug-likeness (QED) is 0.448. The van der Waals surface area contributed by atoms with Crippen molar-refractivity contribution in [3.05, 3.63) is 24.5 Å². The van der Waals surface area contributed by atoms with Crippen molar-refractivity contribution in [2.75, 3.05) is 24.8 Å². The number of thiocarbonyl (C=S) groups is 1. The summed E-state index contributed by atoms with van der Waals surface area (Å²) in [4.78, 5) is 0. The van der Waals surface area contributed by atoms with Crippen LogP contribution < -0.4 is 5.01 Å². The van der Waals surface area contributed by atoms with Gasteiger partial charge in [-0.05, 0) is 16.5 Å². The van der Waals surface area contributed by atoms with E-state index in [1.165, 1.54) is 0 Å². The van der Waals surface area contributed by atoms with Crippen molar-refractivity contribution >= 4 is 29.2 Å². The van der Waals surface area contributed by atoms with Gasteiger partial charge in [0.1, 0.15) is 0 Å². The summed E-state index contributed by atoms with van der Waals surface area (Å²) in [6, 6.07) is 3.81. The van der Waals surface area contributed by atoms with E-state index in [2.05, 4.69) is 0 Å². The van der Waals surface area contributed by atoms with Gasteiger partial charge in [0.25, 0.3) is 0 Å². The molecule has 0 N–H and O–H groups in total. The van der Waals surface area contributed by atoms with E-state index in [1.807, 2.05) is 29.2 Å². The van der Waals surface area contributed by atoms with Crippen LogP contribution in [0.15, 0.2) is 24.5 Å². The molecule has 1 aromatic heterocycles. The molecule has 0 amide bonds. The van der Waals surface area contributed by atoms with E-state index in [-0.39, 0.29) is 27.3 Å².